The van der Waals surface area contributed by atoms with Crippen LogP contribution in [0.4, 0.5) is 0 Å². The fraction of sp³-hybridized carbons (Fsp3) is 0.462. The van der Waals surface area contributed by atoms with Crippen LogP contribution in [0.1, 0.15) is 51.5 Å². The van der Waals surface area contributed by atoms with Gasteiger partial charge in [-0.2, -0.15) is 0 Å². The molecule has 2 amide bonds. The van der Waals surface area contributed by atoms with E-state index in [1.54, 1.807) is 35.2 Å². The van der Waals surface area contributed by atoms with Crippen molar-refractivity contribution in [1.29, 1.82) is 0 Å². The van der Waals surface area contributed by atoms with Crippen LogP contribution in [0.25, 0.3) is 0 Å². The number of hydrogen-bond donors (Lipinski definition) is 1. The Morgan fingerprint density at radius 1 is 0.941 bits per heavy atom. The lowest BCUT2D eigenvalue weighted by Gasteiger charge is -2.31. The minimum Gasteiger partial charge on any atom is -0.354 e. The third-order valence-electron chi connectivity index (χ3n) is 5.73. The van der Waals surface area contributed by atoms with Gasteiger partial charge in [0, 0.05) is 33.1 Å². The zero-order valence-electron chi connectivity index (χ0n) is 20.4. The van der Waals surface area contributed by atoms with Crippen molar-refractivity contribution >= 4 is 21.8 Å². The summed E-state index contributed by atoms with van der Waals surface area (Å²) in [6.45, 7) is 5.08. The van der Waals surface area contributed by atoms with Gasteiger partial charge in [0.1, 0.15) is 6.04 Å². The molecular weight excluding hydrogens is 450 g/mol. The summed E-state index contributed by atoms with van der Waals surface area (Å²) in [6, 6.07) is 17.3. The molecule has 34 heavy (non-hydrogen) atoms. The summed E-state index contributed by atoms with van der Waals surface area (Å²) in [6.07, 6.45) is 2.87. The molecule has 0 heterocycles. The van der Waals surface area contributed by atoms with E-state index in [2.05, 4.69) is 12.2 Å². The predicted molar refractivity (Wildman–Crippen MR) is 134 cm³/mol. The average molecular weight is 488 g/mol. The van der Waals surface area contributed by atoms with Crippen LogP contribution in [-0.2, 0) is 26.2 Å². The summed E-state index contributed by atoms with van der Waals surface area (Å²) < 4.78 is 26.7. The predicted octanol–water partition coefficient (Wildman–Crippen LogP) is 3.81. The van der Waals surface area contributed by atoms with Gasteiger partial charge >= 0.3 is 0 Å². The second-order valence-electron chi connectivity index (χ2n) is 8.32. The summed E-state index contributed by atoms with van der Waals surface area (Å²) in [5.74, 6) is -0.309. The minimum absolute atomic E-state index is 0.149. The highest BCUT2D eigenvalue weighted by Gasteiger charge is 2.28. The van der Waals surface area contributed by atoms with Crippen molar-refractivity contribution in [3.05, 3.63) is 66.2 Å². The molecule has 0 saturated heterocycles. The normalized spacial score (nSPS) is 12.4. The minimum atomic E-state index is -3.61. The van der Waals surface area contributed by atoms with Gasteiger partial charge in [0.15, 0.2) is 0 Å². The molecule has 0 aliphatic carbocycles. The number of nitrogens with one attached hydrogen (secondary N) is 1. The van der Waals surface area contributed by atoms with Gasteiger partial charge in [-0.05, 0) is 37.0 Å². The topological polar surface area (TPSA) is 86.8 Å². The molecule has 2 aromatic carbocycles. The zero-order valence-corrected chi connectivity index (χ0v) is 21.3. The molecule has 7 nitrogen and oxygen atoms in total. The van der Waals surface area contributed by atoms with E-state index in [9.17, 15) is 18.0 Å². The van der Waals surface area contributed by atoms with E-state index >= 15 is 0 Å². The Kier molecular flexibility index (Phi) is 11.2. The molecule has 0 aliphatic heterocycles. The quantitative estimate of drug-likeness (QED) is 0.411. The molecule has 1 atom stereocenters. The van der Waals surface area contributed by atoms with Gasteiger partial charge in [0.2, 0.25) is 21.8 Å². The summed E-state index contributed by atoms with van der Waals surface area (Å²) in [7, 11) is -2.09. The van der Waals surface area contributed by atoms with Crippen LogP contribution >= 0.6 is 0 Å². The molecule has 0 radical (unpaired) electrons. The van der Waals surface area contributed by atoms with Crippen LogP contribution in [0, 0.1) is 0 Å². The number of rotatable bonds is 14. The molecule has 2 aromatic rings. The Bertz CT molecular complexity index is 997. The number of benzene rings is 2. The maximum Gasteiger partial charge on any atom is 0.242 e. The fourth-order valence-electron chi connectivity index (χ4n) is 3.69. The number of unbranched alkanes of at least 4 members (excludes halogenated alkanes) is 1. The van der Waals surface area contributed by atoms with Gasteiger partial charge in [0.05, 0.1) is 4.90 Å². The molecule has 8 heteroatoms. The third kappa shape index (κ3) is 7.95. The monoisotopic (exact) mass is 487 g/mol. The fourth-order valence-corrected chi connectivity index (χ4v) is 4.93. The molecule has 186 valence electrons. The summed E-state index contributed by atoms with van der Waals surface area (Å²) in [5.41, 5.74) is 0.944. The van der Waals surface area contributed by atoms with Crippen molar-refractivity contribution < 1.29 is 18.0 Å². The van der Waals surface area contributed by atoms with Gasteiger partial charge in [0.25, 0.3) is 0 Å². The van der Waals surface area contributed by atoms with E-state index in [1.807, 2.05) is 37.3 Å². The smallest absolute Gasteiger partial charge is 0.242 e. The Morgan fingerprint density at radius 3 is 2.15 bits per heavy atom. The Hall–Kier alpha value is -2.71. The van der Waals surface area contributed by atoms with E-state index < -0.39 is 16.1 Å². The molecule has 2 rings (SSSR count). The van der Waals surface area contributed by atoms with Gasteiger partial charge < -0.3 is 10.2 Å². The van der Waals surface area contributed by atoms with Crippen LogP contribution < -0.4 is 5.32 Å². The molecule has 0 spiro atoms. The summed E-state index contributed by atoms with van der Waals surface area (Å²) in [5, 5.41) is 2.95. The molecule has 0 saturated carbocycles. The molecule has 0 aromatic heterocycles. The number of sulfonamides is 1. The van der Waals surface area contributed by atoms with Crippen molar-refractivity contribution in [3.63, 3.8) is 0 Å². The first-order valence-electron chi connectivity index (χ1n) is 11.9. The first-order valence-corrected chi connectivity index (χ1v) is 13.4. The van der Waals surface area contributed by atoms with Crippen molar-refractivity contribution in [1.82, 2.24) is 14.5 Å². The Balaban J connectivity index is 2.07. The van der Waals surface area contributed by atoms with Crippen LogP contribution in [0.15, 0.2) is 65.6 Å². The molecule has 0 aliphatic rings. The summed E-state index contributed by atoms with van der Waals surface area (Å²) in [4.78, 5) is 28.0. The largest absolute Gasteiger partial charge is 0.354 e. The summed E-state index contributed by atoms with van der Waals surface area (Å²) >= 11 is 0. The maximum absolute atomic E-state index is 13.3. The van der Waals surface area contributed by atoms with Crippen molar-refractivity contribution in [2.24, 2.45) is 0 Å². The molecular formula is C26H37N3O4S. The van der Waals surface area contributed by atoms with Gasteiger partial charge in [-0.1, -0.05) is 68.8 Å². The Labute approximate surface area is 204 Å². The van der Waals surface area contributed by atoms with Crippen molar-refractivity contribution in [3.8, 4) is 0 Å². The third-order valence-corrected chi connectivity index (χ3v) is 7.60. The molecule has 1 N–H and O–H groups in total. The van der Waals surface area contributed by atoms with E-state index in [1.165, 1.54) is 11.4 Å². The highest BCUT2D eigenvalue weighted by Crippen LogP contribution is 2.17. The van der Waals surface area contributed by atoms with Gasteiger partial charge in [-0.25, -0.2) is 12.7 Å². The van der Waals surface area contributed by atoms with Crippen LogP contribution in [-0.4, -0.2) is 55.6 Å². The van der Waals surface area contributed by atoms with Gasteiger partial charge in [-0.15, -0.1) is 0 Å². The highest BCUT2D eigenvalue weighted by atomic mass is 32.2. The maximum atomic E-state index is 13.3. The number of carbonyl (C=O) groups is 2. The van der Waals surface area contributed by atoms with Crippen LogP contribution in [0.3, 0.4) is 0 Å². The van der Waals surface area contributed by atoms with E-state index in [0.717, 1.165) is 18.4 Å². The highest BCUT2D eigenvalue weighted by molar-refractivity contribution is 7.89. The van der Waals surface area contributed by atoms with Gasteiger partial charge in [-0.3, -0.25) is 9.59 Å². The van der Waals surface area contributed by atoms with Crippen molar-refractivity contribution in [2.45, 2.75) is 63.4 Å². The SMILES string of the molecule is CCCCNC(=O)[C@@H](CC)N(Cc1ccccc1)C(=O)CCCN(C)S(=O)(=O)c1ccccc1. The lowest BCUT2D eigenvalue weighted by atomic mass is 10.1. The zero-order chi connectivity index (χ0) is 25.0. The van der Waals surface area contributed by atoms with E-state index in [0.29, 0.717) is 25.9 Å². The molecule has 0 bridgehead atoms. The van der Waals surface area contributed by atoms with Crippen LogP contribution in [0.2, 0.25) is 0 Å². The second-order valence-corrected chi connectivity index (χ2v) is 10.4. The number of carbonyl (C=O) groups excluding carboxylic acids is 2. The van der Waals surface area contributed by atoms with E-state index in [-0.39, 0.29) is 29.7 Å². The Morgan fingerprint density at radius 2 is 1.56 bits per heavy atom. The second kappa shape index (κ2) is 13.9. The lowest BCUT2D eigenvalue weighted by molar-refractivity contribution is -0.141. The average Bonchev–Trinajstić information content (AvgIpc) is 2.85. The number of amides is 2. The lowest BCUT2D eigenvalue weighted by Crippen LogP contribution is -2.49. The van der Waals surface area contributed by atoms with Crippen LogP contribution in [0.5, 0.6) is 0 Å². The standard InChI is InChI=1S/C26H37N3O4S/c1-4-6-19-27-26(31)24(5-2)29(21-22-14-9-7-10-15-22)25(30)18-13-20-28(3)34(32,33)23-16-11-8-12-17-23/h7-12,14-17,24H,4-6,13,18-21H2,1-3H3,(H,27,31)/t24-/m1/s1. The number of nitrogens with zero attached hydrogens (tertiary/aromatic N) is 2. The number of hydrogen-bond acceptors (Lipinski definition) is 4. The molecule has 0 unspecified atom stereocenters. The molecule has 0 fully saturated rings. The first kappa shape index (κ1) is 27.5. The first-order chi connectivity index (χ1) is 16.3. The van der Waals surface area contributed by atoms with Crippen molar-refractivity contribution in [2.75, 3.05) is 20.1 Å². The van der Waals surface area contributed by atoms with E-state index in [4.69, 9.17) is 0 Å².